The van der Waals surface area contributed by atoms with Crippen LogP contribution < -0.4 is 14.2 Å². The molecule has 0 fully saturated rings. The van der Waals surface area contributed by atoms with Crippen LogP contribution >= 0.6 is 22.6 Å². The Hall–Kier alpha value is -2.14. The van der Waals surface area contributed by atoms with E-state index in [1.165, 1.54) is 20.3 Å². The quantitative estimate of drug-likeness (QED) is 0.183. The maximum Gasteiger partial charge on any atom is 0.189 e. The summed E-state index contributed by atoms with van der Waals surface area (Å²) in [4.78, 5) is 12.8. The van der Waals surface area contributed by atoms with Gasteiger partial charge in [0.05, 0.1) is 9.13 Å². The van der Waals surface area contributed by atoms with Crippen molar-refractivity contribution >= 4 is 34.5 Å². The molecule has 2 rings (SSSR count). The number of rotatable bonds is 12. The van der Waals surface area contributed by atoms with Gasteiger partial charge in [0.2, 0.25) is 0 Å². The summed E-state index contributed by atoms with van der Waals surface area (Å²) in [5.41, 5.74) is 1.27. The predicted octanol–water partition coefficient (Wildman–Crippen LogP) is 4.14. The molecule has 0 aliphatic rings. The number of allylic oxidation sites excluding steroid dienone is 1. The lowest BCUT2D eigenvalue weighted by Gasteiger charge is -2.13. The van der Waals surface area contributed by atoms with Gasteiger partial charge in [-0.15, -0.1) is 0 Å². The Bertz CT molecular complexity index is 819. The van der Waals surface area contributed by atoms with Crippen molar-refractivity contribution < 1.29 is 33.2 Å². The smallest absolute Gasteiger partial charge is 0.189 e. The fourth-order valence-electron chi connectivity index (χ4n) is 2.27. The molecule has 0 N–H and O–H groups in total. The maximum absolute atomic E-state index is 12.8. The number of benzene rings is 2. The summed E-state index contributed by atoms with van der Waals surface area (Å²) in [5.74, 6) is 1.42. The first-order valence-corrected chi connectivity index (χ1v) is 9.68. The molecule has 0 aromatic heterocycles. The summed E-state index contributed by atoms with van der Waals surface area (Å²) in [6.45, 7) is 0.287. The Labute approximate surface area is 183 Å². The van der Waals surface area contributed by atoms with E-state index in [0.717, 1.165) is 9.13 Å². The molecular formula is C21H23IO7. The van der Waals surface area contributed by atoms with E-state index in [1.54, 1.807) is 37.5 Å². The molecule has 2 aromatic rings. The third-order valence-electron chi connectivity index (χ3n) is 3.61. The number of carbonyl (C=O) groups is 1. The van der Waals surface area contributed by atoms with Gasteiger partial charge in [0.25, 0.3) is 0 Å². The Kier molecular flexibility index (Phi) is 9.92. The van der Waals surface area contributed by atoms with Crippen molar-refractivity contribution in [2.75, 3.05) is 41.7 Å². The first-order chi connectivity index (χ1) is 14.1. The van der Waals surface area contributed by atoms with Crippen molar-refractivity contribution in [1.82, 2.24) is 0 Å². The van der Waals surface area contributed by atoms with Gasteiger partial charge in [-0.05, 0) is 52.4 Å². The SMILES string of the molecule is COCOc1ccc(/C=C/C(=O)c2cc(I)c(OCOC)cc2OCOC)cc1. The normalized spacial score (nSPS) is 10.9. The molecule has 29 heavy (non-hydrogen) atoms. The minimum Gasteiger partial charge on any atom is -0.468 e. The van der Waals surface area contributed by atoms with Gasteiger partial charge in [0.1, 0.15) is 17.2 Å². The number of hydrogen-bond donors (Lipinski definition) is 0. The Morgan fingerprint density at radius 1 is 0.862 bits per heavy atom. The van der Waals surface area contributed by atoms with Crippen molar-refractivity contribution in [3.63, 3.8) is 0 Å². The van der Waals surface area contributed by atoms with E-state index in [9.17, 15) is 4.79 Å². The molecule has 0 amide bonds. The van der Waals surface area contributed by atoms with Crippen LogP contribution in [0.25, 0.3) is 6.08 Å². The standard InChI is InChI=1S/C21H23IO7/c1-24-12-27-16-7-4-15(5-8-16)6-9-19(23)17-10-18(22)21(29-14-26-3)11-20(17)28-13-25-2/h4-11H,12-14H2,1-3H3/b9-6+. The number of hydrogen-bond acceptors (Lipinski definition) is 7. The molecule has 0 atom stereocenters. The summed E-state index contributed by atoms with van der Waals surface area (Å²) in [6, 6.07) is 10.7. The lowest BCUT2D eigenvalue weighted by Crippen LogP contribution is -2.07. The van der Waals surface area contributed by atoms with Gasteiger partial charge < -0.3 is 28.4 Å². The number of ketones is 1. The van der Waals surface area contributed by atoms with E-state index in [0.29, 0.717) is 22.8 Å². The minimum atomic E-state index is -0.202. The van der Waals surface area contributed by atoms with Crippen LogP contribution in [0.3, 0.4) is 0 Å². The molecule has 0 aliphatic heterocycles. The Balaban J connectivity index is 2.19. The second kappa shape index (κ2) is 12.4. The average Bonchev–Trinajstić information content (AvgIpc) is 2.74. The largest absolute Gasteiger partial charge is 0.468 e. The van der Waals surface area contributed by atoms with Crippen LogP contribution in [0, 0.1) is 3.57 Å². The highest BCUT2D eigenvalue weighted by Gasteiger charge is 2.15. The number of methoxy groups -OCH3 is 3. The number of halogens is 1. The second-order valence-corrected chi connectivity index (χ2v) is 6.86. The van der Waals surface area contributed by atoms with Crippen LogP contribution in [0.4, 0.5) is 0 Å². The molecule has 0 saturated carbocycles. The molecule has 156 valence electrons. The van der Waals surface area contributed by atoms with Crippen LogP contribution in [0.15, 0.2) is 42.5 Å². The van der Waals surface area contributed by atoms with Crippen LogP contribution in [-0.2, 0) is 14.2 Å². The van der Waals surface area contributed by atoms with E-state index in [1.807, 2.05) is 12.1 Å². The van der Waals surface area contributed by atoms with Crippen LogP contribution in [0.5, 0.6) is 17.2 Å². The zero-order chi connectivity index (χ0) is 21.1. The summed E-state index contributed by atoms with van der Waals surface area (Å²) in [6.07, 6.45) is 3.22. The van der Waals surface area contributed by atoms with Crippen molar-refractivity contribution in [1.29, 1.82) is 0 Å². The van der Waals surface area contributed by atoms with Crippen LogP contribution in [0.2, 0.25) is 0 Å². The maximum atomic E-state index is 12.8. The van der Waals surface area contributed by atoms with Gasteiger partial charge >= 0.3 is 0 Å². The zero-order valence-electron chi connectivity index (χ0n) is 16.5. The first kappa shape index (κ1) is 23.1. The van der Waals surface area contributed by atoms with E-state index in [2.05, 4.69) is 22.6 Å². The van der Waals surface area contributed by atoms with Gasteiger partial charge in [0, 0.05) is 27.4 Å². The molecule has 0 bridgehead atoms. The Morgan fingerprint density at radius 3 is 2.07 bits per heavy atom. The molecule has 0 heterocycles. The molecule has 0 radical (unpaired) electrons. The predicted molar refractivity (Wildman–Crippen MR) is 116 cm³/mol. The van der Waals surface area contributed by atoms with Gasteiger partial charge in [-0.25, -0.2) is 0 Å². The molecule has 8 heteroatoms. The van der Waals surface area contributed by atoms with E-state index in [-0.39, 0.29) is 26.2 Å². The topological polar surface area (TPSA) is 72.5 Å². The minimum absolute atomic E-state index is 0.0112. The van der Waals surface area contributed by atoms with E-state index in [4.69, 9.17) is 28.4 Å². The molecular weight excluding hydrogens is 491 g/mol. The van der Waals surface area contributed by atoms with Gasteiger partial charge in [-0.1, -0.05) is 18.2 Å². The molecule has 7 nitrogen and oxygen atoms in total. The lowest BCUT2D eigenvalue weighted by molar-refractivity contribution is 0.0452. The highest BCUT2D eigenvalue weighted by Crippen LogP contribution is 2.31. The first-order valence-electron chi connectivity index (χ1n) is 8.60. The second-order valence-electron chi connectivity index (χ2n) is 5.70. The summed E-state index contributed by atoms with van der Waals surface area (Å²) in [5, 5.41) is 0. The summed E-state index contributed by atoms with van der Waals surface area (Å²) < 4.78 is 31.9. The van der Waals surface area contributed by atoms with E-state index < -0.39 is 0 Å². The van der Waals surface area contributed by atoms with Gasteiger partial charge in [0.15, 0.2) is 26.2 Å². The highest BCUT2D eigenvalue weighted by atomic mass is 127. The number of carbonyl (C=O) groups excluding carboxylic acids is 1. The fourth-order valence-corrected chi connectivity index (χ4v) is 2.89. The Morgan fingerprint density at radius 2 is 1.45 bits per heavy atom. The monoisotopic (exact) mass is 514 g/mol. The molecule has 0 saturated heterocycles. The van der Waals surface area contributed by atoms with Gasteiger partial charge in [-0.2, -0.15) is 0 Å². The van der Waals surface area contributed by atoms with E-state index >= 15 is 0 Å². The third-order valence-corrected chi connectivity index (χ3v) is 4.46. The molecule has 2 aromatic carbocycles. The molecule has 0 unspecified atom stereocenters. The average molecular weight is 514 g/mol. The number of ether oxygens (including phenoxy) is 6. The molecule has 0 spiro atoms. The third kappa shape index (κ3) is 7.32. The van der Waals surface area contributed by atoms with Crippen LogP contribution in [0.1, 0.15) is 15.9 Å². The van der Waals surface area contributed by atoms with Gasteiger partial charge in [-0.3, -0.25) is 4.79 Å². The van der Waals surface area contributed by atoms with Crippen molar-refractivity contribution in [3.8, 4) is 17.2 Å². The lowest BCUT2D eigenvalue weighted by atomic mass is 10.1. The van der Waals surface area contributed by atoms with Crippen molar-refractivity contribution in [2.45, 2.75) is 0 Å². The van der Waals surface area contributed by atoms with Crippen molar-refractivity contribution in [3.05, 3.63) is 57.2 Å². The fraction of sp³-hybridized carbons (Fsp3) is 0.286. The summed E-state index contributed by atoms with van der Waals surface area (Å²) >= 11 is 2.10. The zero-order valence-corrected chi connectivity index (χ0v) is 18.6. The molecule has 0 aliphatic carbocycles. The summed E-state index contributed by atoms with van der Waals surface area (Å²) in [7, 11) is 4.61. The van der Waals surface area contributed by atoms with Crippen molar-refractivity contribution in [2.24, 2.45) is 0 Å². The van der Waals surface area contributed by atoms with Crippen LogP contribution in [-0.4, -0.2) is 47.5 Å². The highest BCUT2D eigenvalue weighted by molar-refractivity contribution is 14.1.